The largest absolute Gasteiger partial charge is 0.368 e. The zero-order valence-electron chi connectivity index (χ0n) is 15.9. The van der Waals surface area contributed by atoms with Crippen LogP contribution in [0.5, 0.6) is 0 Å². The molecule has 1 aliphatic rings. The van der Waals surface area contributed by atoms with Crippen LogP contribution in [-0.2, 0) is 4.74 Å². The number of benzene rings is 1. The molecular weight excluding hydrogens is 370 g/mol. The molecule has 4 aromatic rings. The van der Waals surface area contributed by atoms with Crippen LogP contribution in [0.3, 0.4) is 0 Å². The molecule has 8 nitrogen and oxygen atoms in total. The normalized spacial score (nSPS) is 17.0. The molecule has 8 heteroatoms. The first kappa shape index (κ1) is 17.6. The zero-order chi connectivity index (χ0) is 19.8. The Morgan fingerprint density at radius 1 is 1.14 bits per heavy atom. The molecule has 0 saturated carbocycles. The van der Waals surface area contributed by atoms with Gasteiger partial charge in [0.05, 0.1) is 18.7 Å². The van der Waals surface area contributed by atoms with Crippen LogP contribution in [0.15, 0.2) is 59.3 Å². The fourth-order valence-corrected chi connectivity index (χ4v) is 3.57. The van der Waals surface area contributed by atoms with Gasteiger partial charge in [0.25, 0.3) is 5.91 Å². The average molecular weight is 389 g/mol. The van der Waals surface area contributed by atoms with Crippen molar-refractivity contribution < 1.29 is 14.1 Å². The van der Waals surface area contributed by atoms with Gasteiger partial charge in [0, 0.05) is 24.4 Å². The van der Waals surface area contributed by atoms with Gasteiger partial charge in [-0.2, -0.15) is 0 Å². The molecule has 1 atom stereocenters. The summed E-state index contributed by atoms with van der Waals surface area (Å²) >= 11 is 0. The van der Waals surface area contributed by atoms with E-state index in [4.69, 9.17) is 9.26 Å². The van der Waals surface area contributed by atoms with E-state index in [9.17, 15) is 4.79 Å². The number of hydrogen-bond acceptors (Lipinski definition) is 6. The van der Waals surface area contributed by atoms with Gasteiger partial charge in [0.15, 0.2) is 5.69 Å². The van der Waals surface area contributed by atoms with Crippen LogP contribution in [0.2, 0.25) is 0 Å². The van der Waals surface area contributed by atoms with Crippen LogP contribution in [0, 0.1) is 6.92 Å². The van der Waals surface area contributed by atoms with Gasteiger partial charge in [-0.1, -0.05) is 46.8 Å². The second-order valence-corrected chi connectivity index (χ2v) is 7.02. The van der Waals surface area contributed by atoms with E-state index in [1.54, 1.807) is 22.4 Å². The maximum Gasteiger partial charge on any atom is 0.276 e. The minimum absolute atomic E-state index is 0.169. The number of aromatic nitrogens is 4. The van der Waals surface area contributed by atoms with E-state index in [0.717, 1.165) is 22.3 Å². The summed E-state index contributed by atoms with van der Waals surface area (Å²) in [7, 11) is 0. The molecule has 1 saturated heterocycles. The molecule has 29 heavy (non-hydrogen) atoms. The lowest BCUT2D eigenvalue weighted by molar-refractivity contribution is -0.0244. The van der Waals surface area contributed by atoms with E-state index in [1.807, 2.05) is 36.5 Å². The minimum atomic E-state index is -0.347. The molecule has 4 heterocycles. The Bertz CT molecular complexity index is 1170. The Hall–Kier alpha value is -3.52. The summed E-state index contributed by atoms with van der Waals surface area (Å²) in [5.41, 5.74) is 4.06. The molecule has 0 radical (unpaired) electrons. The van der Waals surface area contributed by atoms with E-state index >= 15 is 0 Å². The Labute approximate surface area is 166 Å². The second-order valence-electron chi connectivity index (χ2n) is 7.02. The number of carbonyl (C=O) groups excluding carboxylic acids is 1. The fraction of sp³-hybridized carbons (Fsp3) is 0.238. The molecule has 3 aromatic heterocycles. The average Bonchev–Trinajstić information content (AvgIpc) is 3.39. The van der Waals surface area contributed by atoms with Crippen molar-refractivity contribution in [1.29, 1.82) is 0 Å². The van der Waals surface area contributed by atoms with E-state index in [0.29, 0.717) is 31.2 Å². The predicted molar refractivity (Wildman–Crippen MR) is 104 cm³/mol. The molecule has 1 aliphatic heterocycles. The number of fused-ring (bicyclic) bond motifs is 1. The Morgan fingerprint density at radius 2 is 2.00 bits per heavy atom. The number of ether oxygens (including phenoxy) is 1. The number of morpholine rings is 1. The fourth-order valence-electron chi connectivity index (χ4n) is 3.57. The Balaban J connectivity index is 1.41. The zero-order valence-corrected chi connectivity index (χ0v) is 15.9. The van der Waals surface area contributed by atoms with Crippen LogP contribution in [-0.4, -0.2) is 50.5 Å². The number of rotatable bonds is 3. The topological polar surface area (TPSA) is 85.8 Å². The summed E-state index contributed by atoms with van der Waals surface area (Å²) in [6.45, 7) is 3.07. The van der Waals surface area contributed by atoms with Crippen molar-refractivity contribution in [2.75, 3.05) is 19.7 Å². The third-order valence-corrected chi connectivity index (χ3v) is 5.05. The summed E-state index contributed by atoms with van der Waals surface area (Å²) in [4.78, 5) is 14.4. The third kappa shape index (κ3) is 3.27. The standard InChI is InChI=1S/C21H19N5O3/c1-14-11-17(23-29-14)21(27)25-9-10-28-19(13-25)20-18-8-7-16(12-26(18)24-22-20)15-5-3-2-4-6-15/h2-8,11-12,19H,9-10,13H2,1H3/t19-/m0/s1. The second kappa shape index (κ2) is 7.14. The maximum absolute atomic E-state index is 12.7. The van der Waals surface area contributed by atoms with Crippen LogP contribution >= 0.6 is 0 Å². The van der Waals surface area contributed by atoms with Gasteiger partial charge in [0.1, 0.15) is 17.6 Å². The first-order valence-corrected chi connectivity index (χ1v) is 9.43. The molecule has 1 amide bonds. The molecular formula is C21H19N5O3. The maximum atomic E-state index is 12.7. The molecule has 0 spiro atoms. The number of amides is 1. The summed E-state index contributed by atoms with van der Waals surface area (Å²) < 4.78 is 12.7. The summed E-state index contributed by atoms with van der Waals surface area (Å²) in [5.74, 6) is 0.440. The lowest BCUT2D eigenvalue weighted by Crippen LogP contribution is -2.42. The smallest absolute Gasteiger partial charge is 0.276 e. The molecule has 0 bridgehead atoms. The first-order chi connectivity index (χ1) is 14.2. The number of aryl methyl sites for hydroxylation is 1. The van der Waals surface area contributed by atoms with Crippen molar-refractivity contribution >= 4 is 11.4 Å². The highest BCUT2D eigenvalue weighted by Crippen LogP contribution is 2.27. The van der Waals surface area contributed by atoms with Gasteiger partial charge in [-0.15, -0.1) is 5.10 Å². The van der Waals surface area contributed by atoms with Crippen molar-refractivity contribution in [3.63, 3.8) is 0 Å². The van der Waals surface area contributed by atoms with E-state index in [1.165, 1.54) is 0 Å². The third-order valence-electron chi connectivity index (χ3n) is 5.05. The van der Waals surface area contributed by atoms with E-state index in [-0.39, 0.29) is 12.0 Å². The highest BCUT2D eigenvalue weighted by Gasteiger charge is 2.30. The lowest BCUT2D eigenvalue weighted by Gasteiger charge is -2.31. The van der Waals surface area contributed by atoms with Crippen molar-refractivity contribution in [2.45, 2.75) is 13.0 Å². The number of carbonyl (C=O) groups is 1. The molecule has 146 valence electrons. The first-order valence-electron chi connectivity index (χ1n) is 9.43. The van der Waals surface area contributed by atoms with Crippen LogP contribution in [0.4, 0.5) is 0 Å². The summed E-state index contributed by atoms with van der Waals surface area (Å²) in [6, 6.07) is 15.8. The lowest BCUT2D eigenvalue weighted by atomic mass is 10.1. The SMILES string of the molecule is Cc1cc(C(=O)N2CCO[C@H](c3nnn4cc(-c5ccccc5)ccc34)C2)no1. The van der Waals surface area contributed by atoms with Gasteiger partial charge < -0.3 is 14.2 Å². The van der Waals surface area contributed by atoms with Gasteiger partial charge in [0.2, 0.25) is 0 Å². The molecule has 1 fully saturated rings. The number of nitrogens with zero attached hydrogens (tertiary/aromatic N) is 5. The van der Waals surface area contributed by atoms with E-state index in [2.05, 4.69) is 27.6 Å². The number of hydrogen-bond donors (Lipinski definition) is 0. The van der Waals surface area contributed by atoms with Gasteiger partial charge in [-0.3, -0.25) is 4.79 Å². The molecule has 5 rings (SSSR count). The Morgan fingerprint density at radius 3 is 2.79 bits per heavy atom. The summed E-state index contributed by atoms with van der Waals surface area (Å²) in [5, 5.41) is 12.4. The van der Waals surface area contributed by atoms with Crippen molar-refractivity contribution in [3.05, 3.63) is 71.9 Å². The van der Waals surface area contributed by atoms with E-state index < -0.39 is 0 Å². The minimum Gasteiger partial charge on any atom is -0.368 e. The predicted octanol–water partition coefficient (Wildman–Crippen LogP) is 2.91. The molecule has 1 aromatic carbocycles. The molecule has 0 unspecified atom stereocenters. The number of pyridine rings is 1. The van der Waals surface area contributed by atoms with Crippen LogP contribution < -0.4 is 0 Å². The highest BCUT2D eigenvalue weighted by molar-refractivity contribution is 5.92. The monoisotopic (exact) mass is 389 g/mol. The van der Waals surface area contributed by atoms with Crippen molar-refractivity contribution in [3.8, 4) is 11.1 Å². The summed E-state index contributed by atoms with van der Waals surface area (Å²) in [6.07, 6.45) is 1.60. The van der Waals surface area contributed by atoms with Gasteiger partial charge >= 0.3 is 0 Å². The van der Waals surface area contributed by atoms with Crippen LogP contribution in [0.25, 0.3) is 16.6 Å². The van der Waals surface area contributed by atoms with Crippen molar-refractivity contribution in [1.82, 2.24) is 24.9 Å². The quantitative estimate of drug-likeness (QED) is 0.536. The highest BCUT2D eigenvalue weighted by atomic mass is 16.5. The van der Waals surface area contributed by atoms with Gasteiger partial charge in [-0.05, 0) is 18.6 Å². The molecule has 0 aliphatic carbocycles. The van der Waals surface area contributed by atoms with Crippen LogP contribution in [0.1, 0.15) is 28.0 Å². The van der Waals surface area contributed by atoms with Crippen molar-refractivity contribution in [2.24, 2.45) is 0 Å². The Kier molecular flexibility index (Phi) is 4.33. The van der Waals surface area contributed by atoms with Gasteiger partial charge in [-0.25, -0.2) is 4.52 Å². The molecule has 0 N–H and O–H groups in total.